The Kier molecular flexibility index (Phi) is 3.95. The summed E-state index contributed by atoms with van der Waals surface area (Å²) in [6.07, 6.45) is 0.866. The molecule has 0 aliphatic carbocycles. The topological polar surface area (TPSA) is 51.6 Å². The first-order valence-corrected chi connectivity index (χ1v) is 4.45. The number of aliphatic hydroxyl groups excluding tert-OH is 1. The first kappa shape index (κ1) is 11.3. The molecule has 1 aromatic heterocycles. The summed E-state index contributed by atoms with van der Waals surface area (Å²) in [5.41, 5.74) is 0.536. The second-order valence-corrected chi connectivity index (χ2v) is 2.87. The van der Waals surface area contributed by atoms with E-state index in [1.165, 1.54) is 6.20 Å². The lowest BCUT2D eigenvalue weighted by Crippen LogP contribution is -1.95. The second-order valence-electron chi connectivity index (χ2n) is 2.87. The molecule has 0 aliphatic heterocycles. The normalized spacial score (nSPS) is 11.2. The molecule has 0 fully saturated rings. The van der Waals surface area contributed by atoms with Crippen molar-refractivity contribution in [2.75, 3.05) is 14.2 Å². The van der Waals surface area contributed by atoms with Gasteiger partial charge in [-0.25, -0.2) is 4.98 Å². The summed E-state index contributed by atoms with van der Waals surface area (Å²) in [5.74, 6) is 6.45. The Balaban J connectivity index is 2.99. The van der Waals surface area contributed by atoms with Gasteiger partial charge in [-0.05, 0) is 12.8 Å². The van der Waals surface area contributed by atoms with Gasteiger partial charge in [0.1, 0.15) is 11.8 Å². The van der Waals surface area contributed by atoms with E-state index in [0.29, 0.717) is 17.2 Å². The van der Waals surface area contributed by atoms with Gasteiger partial charge in [-0.1, -0.05) is 5.92 Å². The van der Waals surface area contributed by atoms with Gasteiger partial charge in [0, 0.05) is 6.07 Å². The van der Waals surface area contributed by atoms with Crippen LogP contribution in [0.15, 0.2) is 12.3 Å². The van der Waals surface area contributed by atoms with Crippen molar-refractivity contribution in [3.63, 3.8) is 0 Å². The Morgan fingerprint density at radius 3 is 2.53 bits per heavy atom. The van der Waals surface area contributed by atoms with Crippen molar-refractivity contribution in [2.45, 2.75) is 13.0 Å². The Morgan fingerprint density at radius 2 is 2.00 bits per heavy atom. The summed E-state index contributed by atoms with van der Waals surface area (Å²) in [6.45, 7) is 1.59. The predicted molar refractivity (Wildman–Crippen MR) is 55.9 cm³/mol. The molecule has 80 valence electrons. The van der Waals surface area contributed by atoms with Gasteiger partial charge in [0.2, 0.25) is 0 Å². The molecule has 0 bridgehead atoms. The van der Waals surface area contributed by atoms with Gasteiger partial charge >= 0.3 is 0 Å². The summed E-state index contributed by atoms with van der Waals surface area (Å²) < 4.78 is 10.1. The molecule has 1 rings (SSSR count). The molecule has 0 aromatic carbocycles. The zero-order chi connectivity index (χ0) is 11.3. The van der Waals surface area contributed by atoms with Crippen LogP contribution in [0.4, 0.5) is 0 Å². The fraction of sp³-hybridized carbons (Fsp3) is 0.364. The molecule has 0 saturated carbocycles. The van der Waals surface area contributed by atoms with Crippen LogP contribution < -0.4 is 9.47 Å². The van der Waals surface area contributed by atoms with Crippen LogP contribution >= 0.6 is 0 Å². The van der Waals surface area contributed by atoms with E-state index in [2.05, 4.69) is 16.8 Å². The van der Waals surface area contributed by atoms with Crippen molar-refractivity contribution in [3.05, 3.63) is 18.0 Å². The Bertz CT molecular complexity index is 391. The van der Waals surface area contributed by atoms with Crippen LogP contribution in [0.3, 0.4) is 0 Å². The number of rotatable bonds is 2. The number of aliphatic hydroxyl groups is 1. The zero-order valence-corrected chi connectivity index (χ0v) is 8.94. The van der Waals surface area contributed by atoms with Crippen LogP contribution in [0, 0.1) is 11.8 Å². The molecule has 0 amide bonds. The van der Waals surface area contributed by atoms with Gasteiger partial charge in [0.25, 0.3) is 0 Å². The summed E-state index contributed by atoms with van der Waals surface area (Å²) in [5, 5.41) is 8.98. The summed E-state index contributed by atoms with van der Waals surface area (Å²) in [6, 6.07) is 1.66. The molecule has 0 radical (unpaired) electrons. The van der Waals surface area contributed by atoms with E-state index in [0.717, 1.165) is 0 Å². The SMILES string of the molecule is COc1cnc(C#CC(C)O)cc1OC. The van der Waals surface area contributed by atoms with Crippen LogP contribution in [0.5, 0.6) is 11.5 Å². The molecule has 4 nitrogen and oxygen atoms in total. The van der Waals surface area contributed by atoms with Crippen molar-refractivity contribution in [2.24, 2.45) is 0 Å². The fourth-order valence-electron chi connectivity index (χ4n) is 0.984. The summed E-state index contributed by atoms with van der Waals surface area (Å²) in [4.78, 5) is 4.04. The molecule has 1 unspecified atom stereocenters. The summed E-state index contributed by atoms with van der Waals surface area (Å²) >= 11 is 0. The molecule has 4 heteroatoms. The van der Waals surface area contributed by atoms with Crippen molar-refractivity contribution < 1.29 is 14.6 Å². The first-order valence-electron chi connectivity index (χ1n) is 4.45. The van der Waals surface area contributed by atoms with Crippen molar-refractivity contribution >= 4 is 0 Å². The molecule has 0 aliphatic rings. The smallest absolute Gasteiger partial charge is 0.179 e. The molecule has 15 heavy (non-hydrogen) atoms. The molecular formula is C11H13NO3. The standard InChI is InChI=1S/C11H13NO3/c1-8(13)4-5-9-6-10(14-2)11(15-3)7-12-9/h6-8,13H,1-3H3. The molecular weight excluding hydrogens is 194 g/mol. The highest BCUT2D eigenvalue weighted by atomic mass is 16.5. The molecule has 1 heterocycles. The Morgan fingerprint density at radius 1 is 1.33 bits per heavy atom. The van der Waals surface area contributed by atoms with Crippen LogP contribution in [0.25, 0.3) is 0 Å². The van der Waals surface area contributed by atoms with Gasteiger partial charge in [0.15, 0.2) is 11.5 Å². The van der Waals surface area contributed by atoms with E-state index in [9.17, 15) is 0 Å². The molecule has 0 spiro atoms. The van der Waals surface area contributed by atoms with Crippen molar-refractivity contribution in [1.29, 1.82) is 0 Å². The number of hydrogen-bond donors (Lipinski definition) is 1. The van der Waals surface area contributed by atoms with E-state index in [1.807, 2.05) is 0 Å². The third-order valence-corrected chi connectivity index (χ3v) is 1.68. The lowest BCUT2D eigenvalue weighted by molar-refractivity contribution is 0.253. The van der Waals surface area contributed by atoms with Gasteiger partial charge in [-0.2, -0.15) is 0 Å². The molecule has 1 atom stereocenters. The largest absolute Gasteiger partial charge is 0.493 e. The van der Waals surface area contributed by atoms with E-state index >= 15 is 0 Å². The number of ether oxygens (including phenoxy) is 2. The van der Waals surface area contributed by atoms with Crippen LogP contribution in [-0.2, 0) is 0 Å². The van der Waals surface area contributed by atoms with Crippen molar-refractivity contribution in [1.82, 2.24) is 4.98 Å². The summed E-state index contributed by atoms with van der Waals surface area (Å²) in [7, 11) is 3.09. The average molecular weight is 207 g/mol. The number of pyridine rings is 1. The number of hydrogen-bond acceptors (Lipinski definition) is 4. The highest BCUT2D eigenvalue weighted by Crippen LogP contribution is 2.25. The lowest BCUT2D eigenvalue weighted by Gasteiger charge is -2.05. The van der Waals surface area contributed by atoms with Gasteiger partial charge in [-0.3, -0.25) is 0 Å². The predicted octanol–water partition coefficient (Wildman–Crippen LogP) is 0.831. The molecule has 0 saturated heterocycles. The highest BCUT2D eigenvalue weighted by Gasteiger charge is 2.03. The second kappa shape index (κ2) is 5.23. The van der Waals surface area contributed by atoms with Crippen LogP contribution in [0.2, 0.25) is 0 Å². The first-order chi connectivity index (χ1) is 7.17. The number of nitrogens with zero attached hydrogens (tertiary/aromatic N) is 1. The maximum absolute atomic E-state index is 8.98. The van der Waals surface area contributed by atoms with Gasteiger partial charge in [-0.15, -0.1) is 0 Å². The van der Waals surface area contributed by atoms with Gasteiger partial charge < -0.3 is 14.6 Å². The van der Waals surface area contributed by atoms with E-state index in [4.69, 9.17) is 14.6 Å². The number of aromatic nitrogens is 1. The zero-order valence-electron chi connectivity index (χ0n) is 8.94. The van der Waals surface area contributed by atoms with Crippen molar-refractivity contribution in [3.8, 4) is 23.3 Å². The lowest BCUT2D eigenvalue weighted by atomic mass is 10.3. The maximum Gasteiger partial charge on any atom is 0.179 e. The van der Waals surface area contributed by atoms with E-state index in [1.54, 1.807) is 27.2 Å². The third-order valence-electron chi connectivity index (χ3n) is 1.68. The third kappa shape index (κ3) is 3.15. The number of methoxy groups -OCH3 is 2. The van der Waals surface area contributed by atoms with Crippen LogP contribution in [-0.4, -0.2) is 30.4 Å². The Labute approximate surface area is 88.9 Å². The minimum absolute atomic E-state index is 0.536. The fourth-order valence-corrected chi connectivity index (χ4v) is 0.984. The monoisotopic (exact) mass is 207 g/mol. The van der Waals surface area contributed by atoms with Crippen LogP contribution in [0.1, 0.15) is 12.6 Å². The quantitative estimate of drug-likeness (QED) is 0.730. The molecule has 1 aromatic rings. The molecule has 1 N–H and O–H groups in total. The minimum atomic E-state index is -0.667. The van der Waals surface area contributed by atoms with E-state index < -0.39 is 6.10 Å². The van der Waals surface area contributed by atoms with Gasteiger partial charge in [0.05, 0.1) is 20.4 Å². The Hall–Kier alpha value is -1.73. The minimum Gasteiger partial charge on any atom is -0.493 e. The average Bonchev–Trinajstić information content (AvgIpc) is 2.25. The highest BCUT2D eigenvalue weighted by molar-refractivity contribution is 5.43. The maximum atomic E-state index is 8.98. The van der Waals surface area contributed by atoms with E-state index in [-0.39, 0.29) is 0 Å².